The summed E-state index contributed by atoms with van der Waals surface area (Å²) in [4.78, 5) is 15.3. The van der Waals surface area contributed by atoms with Gasteiger partial charge in [0.15, 0.2) is 0 Å². The lowest BCUT2D eigenvalue weighted by molar-refractivity contribution is 0.0753. The molecule has 0 unspecified atom stereocenters. The van der Waals surface area contributed by atoms with Crippen molar-refractivity contribution in [1.29, 1.82) is 0 Å². The van der Waals surface area contributed by atoms with E-state index in [0.717, 1.165) is 8.66 Å². The Morgan fingerprint density at radius 3 is 2.60 bits per heavy atom. The quantitative estimate of drug-likeness (QED) is 0.675. The molecule has 0 aliphatic heterocycles. The molecule has 2 rings (SSSR count). The number of amides is 1. The molecule has 1 heterocycles. The normalized spacial score (nSPS) is 10.6. The van der Waals surface area contributed by atoms with Crippen molar-refractivity contribution in [1.82, 2.24) is 4.90 Å². The third-order valence-electron chi connectivity index (χ3n) is 2.81. The second kappa shape index (κ2) is 6.83. The van der Waals surface area contributed by atoms with E-state index in [4.69, 9.17) is 0 Å². The Kier molecular flexibility index (Phi) is 5.35. The van der Waals surface area contributed by atoms with Crippen LogP contribution in [0.5, 0.6) is 0 Å². The van der Waals surface area contributed by atoms with Crippen LogP contribution in [0.2, 0.25) is 0 Å². The second-order valence-electron chi connectivity index (χ2n) is 4.15. The Balaban J connectivity index is 2.20. The fourth-order valence-corrected chi connectivity index (χ4v) is 3.80. The number of rotatable bonds is 4. The number of halogens is 3. The number of hydrogen-bond donors (Lipinski definition) is 0. The van der Waals surface area contributed by atoms with Gasteiger partial charge in [0, 0.05) is 15.9 Å². The highest BCUT2D eigenvalue weighted by molar-refractivity contribution is 9.11. The molecule has 2 aromatic rings. The van der Waals surface area contributed by atoms with Crippen molar-refractivity contribution in [2.24, 2.45) is 0 Å². The first-order chi connectivity index (χ1) is 9.51. The minimum Gasteiger partial charge on any atom is -0.334 e. The van der Waals surface area contributed by atoms with Crippen LogP contribution >= 0.6 is 43.2 Å². The third kappa shape index (κ3) is 3.68. The van der Waals surface area contributed by atoms with Crippen molar-refractivity contribution >= 4 is 49.1 Å². The topological polar surface area (TPSA) is 20.3 Å². The molecule has 1 amide bonds. The predicted octanol–water partition coefficient (Wildman–Crippen LogP) is 5.07. The molecule has 0 spiro atoms. The van der Waals surface area contributed by atoms with Crippen LogP contribution in [-0.2, 0) is 6.54 Å². The first kappa shape index (κ1) is 15.7. The summed E-state index contributed by atoms with van der Waals surface area (Å²) in [5, 5.41) is 0. The molecular weight excluding hydrogens is 409 g/mol. The minimum atomic E-state index is -0.362. The maximum absolute atomic E-state index is 13.1. The number of carbonyl (C=O) groups excluding carboxylic acids is 1. The van der Waals surface area contributed by atoms with Gasteiger partial charge in [-0.1, -0.05) is 0 Å². The molecule has 1 aromatic heterocycles. The molecular formula is C14H12Br2FNOS. The standard InChI is InChI=1S/C14H12Br2FNOS/c1-2-18(8-10-4-6-13(16)20-10)14(19)11-5-3-9(17)7-12(11)15/h3-7H,2,8H2,1H3. The number of hydrogen-bond acceptors (Lipinski definition) is 2. The summed E-state index contributed by atoms with van der Waals surface area (Å²) in [5.41, 5.74) is 0.476. The fourth-order valence-electron chi connectivity index (χ4n) is 1.79. The van der Waals surface area contributed by atoms with Crippen LogP contribution < -0.4 is 0 Å². The zero-order valence-corrected chi connectivity index (χ0v) is 14.7. The van der Waals surface area contributed by atoms with Gasteiger partial charge in [-0.15, -0.1) is 11.3 Å². The molecule has 0 bridgehead atoms. The molecule has 0 radical (unpaired) electrons. The molecule has 2 nitrogen and oxygen atoms in total. The smallest absolute Gasteiger partial charge is 0.255 e. The summed E-state index contributed by atoms with van der Waals surface area (Å²) < 4.78 is 14.6. The largest absolute Gasteiger partial charge is 0.334 e. The average Bonchev–Trinajstić information content (AvgIpc) is 2.81. The van der Waals surface area contributed by atoms with Crippen LogP contribution in [0.1, 0.15) is 22.2 Å². The van der Waals surface area contributed by atoms with E-state index in [1.165, 1.54) is 18.2 Å². The lowest BCUT2D eigenvalue weighted by Crippen LogP contribution is -2.30. The van der Waals surface area contributed by atoms with Crippen LogP contribution in [0.3, 0.4) is 0 Å². The fraction of sp³-hybridized carbons (Fsp3) is 0.214. The maximum atomic E-state index is 13.1. The first-order valence-corrected chi connectivity index (χ1v) is 8.40. The zero-order valence-electron chi connectivity index (χ0n) is 10.7. The van der Waals surface area contributed by atoms with Gasteiger partial charge in [0.1, 0.15) is 5.82 Å². The van der Waals surface area contributed by atoms with Crippen molar-refractivity contribution in [3.63, 3.8) is 0 Å². The monoisotopic (exact) mass is 419 g/mol. The number of benzene rings is 1. The van der Waals surface area contributed by atoms with Gasteiger partial charge in [0.25, 0.3) is 5.91 Å². The van der Waals surface area contributed by atoms with Crippen LogP contribution in [-0.4, -0.2) is 17.4 Å². The van der Waals surface area contributed by atoms with Gasteiger partial charge < -0.3 is 4.90 Å². The average molecular weight is 421 g/mol. The highest BCUT2D eigenvalue weighted by Gasteiger charge is 2.18. The van der Waals surface area contributed by atoms with Crippen molar-refractivity contribution in [2.75, 3.05) is 6.54 Å². The number of thiophene rings is 1. The van der Waals surface area contributed by atoms with Crippen molar-refractivity contribution < 1.29 is 9.18 Å². The Morgan fingerprint density at radius 1 is 1.30 bits per heavy atom. The zero-order chi connectivity index (χ0) is 14.7. The number of nitrogens with zero attached hydrogens (tertiary/aromatic N) is 1. The van der Waals surface area contributed by atoms with Gasteiger partial charge in [-0.05, 0) is 69.1 Å². The summed E-state index contributed by atoms with van der Waals surface area (Å²) in [7, 11) is 0. The van der Waals surface area contributed by atoms with E-state index in [2.05, 4.69) is 31.9 Å². The molecule has 0 saturated heterocycles. The van der Waals surface area contributed by atoms with Gasteiger partial charge >= 0.3 is 0 Å². The van der Waals surface area contributed by atoms with E-state index in [1.807, 2.05) is 19.1 Å². The summed E-state index contributed by atoms with van der Waals surface area (Å²) in [6.07, 6.45) is 0. The van der Waals surface area contributed by atoms with Gasteiger partial charge in [-0.25, -0.2) is 4.39 Å². The highest BCUT2D eigenvalue weighted by atomic mass is 79.9. The minimum absolute atomic E-state index is 0.108. The summed E-state index contributed by atoms with van der Waals surface area (Å²) in [6, 6.07) is 8.07. The molecule has 20 heavy (non-hydrogen) atoms. The van der Waals surface area contributed by atoms with Crippen molar-refractivity contribution in [3.05, 3.63) is 54.8 Å². The van der Waals surface area contributed by atoms with E-state index in [1.54, 1.807) is 16.2 Å². The summed E-state index contributed by atoms with van der Waals surface area (Å²) in [6.45, 7) is 3.07. The molecule has 0 fully saturated rings. The van der Waals surface area contributed by atoms with Crippen LogP contribution in [0, 0.1) is 5.82 Å². The second-order valence-corrected chi connectivity index (χ2v) is 7.55. The summed E-state index contributed by atoms with van der Waals surface area (Å²) >= 11 is 8.26. The third-order valence-corrected chi connectivity index (χ3v) is 5.07. The van der Waals surface area contributed by atoms with E-state index < -0.39 is 0 Å². The van der Waals surface area contributed by atoms with E-state index in [-0.39, 0.29) is 11.7 Å². The molecule has 0 saturated carbocycles. The van der Waals surface area contributed by atoms with Crippen molar-refractivity contribution in [3.8, 4) is 0 Å². The maximum Gasteiger partial charge on any atom is 0.255 e. The highest BCUT2D eigenvalue weighted by Crippen LogP contribution is 2.25. The van der Waals surface area contributed by atoms with Gasteiger partial charge in [-0.2, -0.15) is 0 Å². The molecule has 0 N–H and O–H groups in total. The lowest BCUT2D eigenvalue weighted by Gasteiger charge is -2.20. The first-order valence-electron chi connectivity index (χ1n) is 5.99. The van der Waals surface area contributed by atoms with Gasteiger partial charge in [0.2, 0.25) is 0 Å². The SMILES string of the molecule is CCN(Cc1ccc(Br)s1)C(=O)c1ccc(F)cc1Br. The van der Waals surface area contributed by atoms with E-state index in [9.17, 15) is 9.18 Å². The Morgan fingerprint density at radius 2 is 2.05 bits per heavy atom. The molecule has 0 atom stereocenters. The molecule has 106 valence electrons. The van der Waals surface area contributed by atoms with E-state index >= 15 is 0 Å². The Bertz CT molecular complexity index is 629. The van der Waals surface area contributed by atoms with Gasteiger partial charge in [-0.3, -0.25) is 4.79 Å². The Labute approximate surface area is 137 Å². The molecule has 0 aliphatic rings. The molecule has 1 aromatic carbocycles. The van der Waals surface area contributed by atoms with Crippen LogP contribution in [0.4, 0.5) is 4.39 Å². The van der Waals surface area contributed by atoms with Crippen LogP contribution in [0.15, 0.2) is 38.6 Å². The lowest BCUT2D eigenvalue weighted by atomic mass is 10.2. The number of carbonyl (C=O) groups is 1. The Hall–Kier alpha value is -0.720. The van der Waals surface area contributed by atoms with Crippen LogP contribution in [0.25, 0.3) is 0 Å². The summed E-state index contributed by atoms with van der Waals surface area (Å²) in [5.74, 6) is -0.470. The van der Waals surface area contributed by atoms with E-state index in [0.29, 0.717) is 23.1 Å². The predicted molar refractivity (Wildman–Crippen MR) is 86.5 cm³/mol. The molecule has 6 heteroatoms. The van der Waals surface area contributed by atoms with Crippen molar-refractivity contribution in [2.45, 2.75) is 13.5 Å². The van der Waals surface area contributed by atoms with Gasteiger partial charge in [0.05, 0.1) is 15.9 Å². The molecule has 0 aliphatic carbocycles.